The highest BCUT2D eigenvalue weighted by Gasteiger charge is 2.25. The van der Waals surface area contributed by atoms with Crippen molar-refractivity contribution in [3.63, 3.8) is 0 Å². The van der Waals surface area contributed by atoms with E-state index in [-0.39, 0.29) is 0 Å². The van der Waals surface area contributed by atoms with E-state index in [1.807, 2.05) is 0 Å². The lowest BCUT2D eigenvalue weighted by Crippen LogP contribution is -2.21. The zero-order valence-electron chi connectivity index (χ0n) is 13.6. The van der Waals surface area contributed by atoms with Crippen LogP contribution in [0.3, 0.4) is 0 Å². The predicted molar refractivity (Wildman–Crippen MR) is 98.7 cm³/mol. The summed E-state index contributed by atoms with van der Waals surface area (Å²) in [6.45, 7) is 7.30. The van der Waals surface area contributed by atoms with Gasteiger partial charge in [-0.05, 0) is 46.2 Å². The molecule has 4 rings (SSSR count). The van der Waals surface area contributed by atoms with Gasteiger partial charge in [-0.25, -0.2) is 0 Å². The Morgan fingerprint density at radius 2 is 1.55 bits per heavy atom. The third-order valence-corrected chi connectivity index (χ3v) is 7.01. The second kappa shape index (κ2) is 4.82. The van der Waals surface area contributed by atoms with Crippen LogP contribution in [0.5, 0.6) is 0 Å². The molecule has 0 spiro atoms. The minimum absolute atomic E-state index is 1.08. The number of allylic oxidation sites excluding steroid dienone is 4. The van der Waals surface area contributed by atoms with Crippen LogP contribution in [0, 0.1) is 0 Å². The van der Waals surface area contributed by atoms with Crippen molar-refractivity contribution in [3.8, 4) is 11.1 Å². The highest BCUT2D eigenvalue weighted by Crippen LogP contribution is 2.42. The predicted octanol–water partition coefficient (Wildman–Crippen LogP) is 5.85. The summed E-state index contributed by atoms with van der Waals surface area (Å²) >= 11 is 0. The van der Waals surface area contributed by atoms with Crippen LogP contribution in [0.25, 0.3) is 16.7 Å². The van der Waals surface area contributed by atoms with E-state index in [1.165, 1.54) is 33.4 Å². The summed E-state index contributed by atoms with van der Waals surface area (Å²) in [5.74, 6) is 0. The van der Waals surface area contributed by atoms with E-state index in [1.54, 1.807) is 5.20 Å². The second-order valence-corrected chi connectivity index (χ2v) is 12.5. The van der Waals surface area contributed by atoms with Crippen LogP contribution in [-0.4, -0.2) is 8.07 Å². The van der Waals surface area contributed by atoms with Gasteiger partial charge in [0.05, 0.1) is 8.07 Å². The van der Waals surface area contributed by atoms with Crippen molar-refractivity contribution in [3.05, 3.63) is 76.5 Å². The molecule has 0 nitrogen and oxygen atoms in total. The number of hydrogen-bond acceptors (Lipinski definition) is 0. The molecule has 0 saturated heterocycles. The molecule has 110 valence electrons. The average Bonchev–Trinajstić information content (AvgIpc) is 3.11. The summed E-state index contributed by atoms with van der Waals surface area (Å²) in [6, 6.07) is 15.7. The van der Waals surface area contributed by atoms with Crippen LogP contribution < -0.4 is 0 Å². The molecule has 0 aromatic heterocycles. The lowest BCUT2D eigenvalue weighted by Gasteiger charge is -2.15. The summed E-state index contributed by atoms with van der Waals surface area (Å²) in [6.07, 6.45) is 7.13. The lowest BCUT2D eigenvalue weighted by molar-refractivity contribution is 1.24. The molecule has 2 aromatic rings. The van der Waals surface area contributed by atoms with Gasteiger partial charge in [-0.2, -0.15) is 0 Å². The van der Waals surface area contributed by atoms with E-state index in [9.17, 15) is 0 Å². The van der Waals surface area contributed by atoms with Crippen molar-refractivity contribution in [2.75, 3.05) is 0 Å². The van der Waals surface area contributed by atoms with Gasteiger partial charge in [-0.3, -0.25) is 0 Å². The lowest BCUT2D eigenvalue weighted by atomic mass is 9.95. The van der Waals surface area contributed by atoms with Gasteiger partial charge in [0.25, 0.3) is 0 Å². The Morgan fingerprint density at radius 3 is 2.32 bits per heavy atom. The molecule has 22 heavy (non-hydrogen) atoms. The zero-order valence-corrected chi connectivity index (χ0v) is 14.6. The quantitative estimate of drug-likeness (QED) is 0.521. The Kier molecular flexibility index (Phi) is 3.02. The number of benzene rings is 2. The highest BCUT2D eigenvalue weighted by atomic mass is 28.3. The van der Waals surface area contributed by atoms with Crippen molar-refractivity contribution >= 4 is 13.6 Å². The van der Waals surface area contributed by atoms with Crippen LogP contribution in [0.15, 0.2) is 59.8 Å². The van der Waals surface area contributed by atoms with Crippen LogP contribution >= 0.6 is 0 Å². The van der Waals surface area contributed by atoms with Gasteiger partial charge in [-0.1, -0.05) is 79.5 Å². The van der Waals surface area contributed by atoms with Gasteiger partial charge in [0.15, 0.2) is 0 Å². The van der Waals surface area contributed by atoms with Crippen LogP contribution in [-0.2, 0) is 6.42 Å². The topological polar surface area (TPSA) is 0 Å². The molecule has 0 aliphatic heterocycles. The fourth-order valence-electron chi connectivity index (χ4n) is 3.69. The fourth-order valence-corrected chi connectivity index (χ4v) is 5.02. The molecule has 0 radical (unpaired) electrons. The maximum absolute atomic E-state index is 2.48. The molecule has 0 bridgehead atoms. The van der Waals surface area contributed by atoms with E-state index < -0.39 is 8.07 Å². The normalized spacial score (nSPS) is 16.1. The Labute approximate surface area is 134 Å². The fraction of sp³-hybridized carbons (Fsp3) is 0.238. The van der Waals surface area contributed by atoms with Gasteiger partial charge in [0.1, 0.15) is 0 Å². The monoisotopic (exact) mass is 302 g/mol. The van der Waals surface area contributed by atoms with Gasteiger partial charge < -0.3 is 0 Å². The Hall–Kier alpha value is -1.86. The van der Waals surface area contributed by atoms with E-state index in [0.29, 0.717) is 0 Å². The Morgan fingerprint density at radius 1 is 0.818 bits per heavy atom. The first-order valence-electron chi connectivity index (χ1n) is 8.16. The molecule has 0 unspecified atom stereocenters. The van der Waals surface area contributed by atoms with Crippen molar-refractivity contribution in [2.45, 2.75) is 32.5 Å². The molecule has 2 aliphatic rings. The van der Waals surface area contributed by atoms with Gasteiger partial charge in [0.2, 0.25) is 0 Å². The first-order valence-corrected chi connectivity index (χ1v) is 11.7. The molecule has 0 N–H and O–H groups in total. The van der Waals surface area contributed by atoms with Gasteiger partial charge in [-0.15, -0.1) is 0 Å². The molecule has 0 fully saturated rings. The first kappa shape index (κ1) is 13.8. The molecular formula is C21H22Si. The molecule has 0 atom stereocenters. The molecule has 0 amide bonds. The van der Waals surface area contributed by atoms with E-state index >= 15 is 0 Å². The van der Waals surface area contributed by atoms with E-state index in [4.69, 9.17) is 0 Å². The van der Waals surface area contributed by atoms with Gasteiger partial charge >= 0.3 is 0 Å². The van der Waals surface area contributed by atoms with Crippen LogP contribution in [0.1, 0.15) is 23.1 Å². The largest absolute Gasteiger partial charge is 0.0808 e. The van der Waals surface area contributed by atoms with Crippen molar-refractivity contribution in [1.29, 1.82) is 0 Å². The van der Waals surface area contributed by atoms with Crippen LogP contribution in [0.2, 0.25) is 19.6 Å². The van der Waals surface area contributed by atoms with Gasteiger partial charge in [0, 0.05) is 0 Å². The number of hydrogen-bond donors (Lipinski definition) is 0. The average molecular weight is 302 g/mol. The summed E-state index contributed by atoms with van der Waals surface area (Å²) in [4.78, 5) is 0. The van der Waals surface area contributed by atoms with Crippen LogP contribution in [0.4, 0.5) is 0 Å². The SMILES string of the molecule is C[Si](C)(C)C1=CCC(c2cccc3c2Cc2ccccc2-3)=C1. The first-order chi connectivity index (χ1) is 10.5. The van der Waals surface area contributed by atoms with E-state index in [2.05, 4.69) is 74.3 Å². The zero-order chi connectivity index (χ0) is 15.3. The summed E-state index contributed by atoms with van der Waals surface area (Å²) in [7, 11) is -1.20. The van der Waals surface area contributed by atoms with Crippen molar-refractivity contribution in [2.24, 2.45) is 0 Å². The third-order valence-electron chi connectivity index (χ3n) is 4.93. The van der Waals surface area contributed by atoms with E-state index in [0.717, 1.165) is 12.8 Å². The number of rotatable bonds is 2. The molecule has 0 saturated carbocycles. The highest BCUT2D eigenvalue weighted by molar-refractivity contribution is 6.84. The Balaban J connectivity index is 1.79. The maximum Gasteiger partial charge on any atom is 0.0772 e. The number of fused-ring (bicyclic) bond motifs is 3. The van der Waals surface area contributed by atoms with Crippen molar-refractivity contribution in [1.82, 2.24) is 0 Å². The minimum Gasteiger partial charge on any atom is -0.0808 e. The Bertz CT molecular complexity index is 816. The summed E-state index contributed by atoms with van der Waals surface area (Å²) < 4.78 is 0. The standard InChI is InChI=1S/C21H22Si/c1-22(2,3)17-12-11-16(13-17)19-9-6-10-20-18-8-5-4-7-15(18)14-21(19)20/h4-10,12-13H,11,14H2,1-3H3. The summed E-state index contributed by atoms with van der Waals surface area (Å²) in [5.41, 5.74) is 8.86. The maximum atomic E-state index is 2.48. The molecule has 1 heteroatoms. The third kappa shape index (κ3) is 2.12. The van der Waals surface area contributed by atoms with Crippen molar-refractivity contribution < 1.29 is 0 Å². The molecular weight excluding hydrogens is 280 g/mol. The molecule has 2 aliphatic carbocycles. The molecule has 0 heterocycles. The summed E-state index contributed by atoms with van der Waals surface area (Å²) in [5, 5.41) is 1.61. The second-order valence-electron chi connectivity index (χ2n) is 7.45. The smallest absolute Gasteiger partial charge is 0.0772 e. The molecule has 2 aromatic carbocycles. The minimum atomic E-state index is -1.20.